The minimum absolute atomic E-state index is 0.0526. The summed E-state index contributed by atoms with van der Waals surface area (Å²) in [7, 11) is 1.63. The summed E-state index contributed by atoms with van der Waals surface area (Å²) in [6, 6.07) is 7.28. The van der Waals surface area contributed by atoms with Crippen LogP contribution in [0.15, 0.2) is 24.3 Å². The van der Waals surface area contributed by atoms with Crippen LogP contribution in [0.2, 0.25) is 0 Å². The number of urea groups is 1. The lowest BCUT2D eigenvalue weighted by Gasteiger charge is -2.43. The summed E-state index contributed by atoms with van der Waals surface area (Å²) in [6.45, 7) is 9.26. The van der Waals surface area contributed by atoms with Crippen LogP contribution in [-0.2, 0) is 14.3 Å². The average molecular weight is 487 g/mol. The number of carbonyl (C=O) groups is 3. The molecule has 1 aromatic carbocycles. The first-order valence-electron chi connectivity index (χ1n) is 12.5. The Kier molecular flexibility index (Phi) is 7.38. The zero-order chi connectivity index (χ0) is 25.2. The summed E-state index contributed by atoms with van der Waals surface area (Å²) in [4.78, 5) is 42.4. The molecule has 4 rings (SSSR count). The van der Waals surface area contributed by atoms with Gasteiger partial charge in [0.05, 0.1) is 26.4 Å². The fourth-order valence-corrected chi connectivity index (χ4v) is 6.23. The molecule has 192 valence electrons. The van der Waals surface area contributed by atoms with Gasteiger partial charge in [0.2, 0.25) is 5.91 Å². The minimum atomic E-state index is -0.905. The summed E-state index contributed by atoms with van der Waals surface area (Å²) in [5.41, 5.74) is 0.0981. The number of rotatable bonds is 7. The van der Waals surface area contributed by atoms with Crippen LogP contribution in [-0.4, -0.2) is 79.7 Å². The fourth-order valence-electron chi connectivity index (χ4n) is 6.23. The molecule has 0 aromatic heterocycles. The fraction of sp³-hybridized carbons (Fsp3) is 0.654. The second-order valence-corrected chi connectivity index (χ2v) is 11.0. The van der Waals surface area contributed by atoms with Crippen molar-refractivity contribution in [3.8, 4) is 5.75 Å². The second-order valence-electron chi connectivity index (χ2n) is 11.0. The minimum Gasteiger partial charge on any atom is -0.497 e. The van der Waals surface area contributed by atoms with Crippen molar-refractivity contribution in [1.82, 2.24) is 20.4 Å². The van der Waals surface area contributed by atoms with Crippen molar-refractivity contribution >= 4 is 17.8 Å². The third-order valence-electron chi connectivity index (χ3n) is 7.41. The molecule has 3 atom stereocenters. The smallest absolute Gasteiger partial charge is 0.325 e. The topological polar surface area (TPSA) is 100 Å². The number of benzene rings is 1. The van der Waals surface area contributed by atoms with Gasteiger partial charge in [0.15, 0.2) is 0 Å². The van der Waals surface area contributed by atoms with Crippen LogP contribution in [0.25, 0.3) is 0 Å². The lowest BCUT2D eigenvalue weighted by Crippen LogP contribution is -2.54. The normalized spacial score (nSPS) is 27.5. The van der Waals surface area contributed by atoms with Gasteiger partial charge in [0, 0.05) is 19.6 Å². The number of carbonyl (C=O) groups excluding carboxylic acids is 3. The molecule has 0 radical (unpaired) electrons. The monoisotopic (exact) mass is 486 g/mol. The highest BCUT2D eigenvalue weighted by molar-refractivity contribution is 6.09. The van der Waals surface area contributed by atoms with Crippen LogP contribution < -0.4 is 15.4 Å². The molecule has 0 unspecified atom stereocenters. The molecule has 2 heterocycles. The van der Waals surface area contributed by atoms with Gasteiger partial charge in [-0.2, -0.15) is 0 Å². The number of nitrogens with one attached hydrogen (secondary N) is 2. The molecule has 2 saturated heterocycles. The molecule has 2 aliphatic heterocycles. The number of hydrogen-bond acceptors (Lipinski definition) is 6. The Morgan fingerprint density at radius 3 is 2.51 bits per heavy atom. The van der Waals surface area contributed by atoms with Crippen molar-refractivity contribution in [2.45, 2.75) is 51.6 Å². The van der Waals surface area contributed by atoms with Crippen molar-refractivity contribution in [2.24, 2.45) is 11.3 Å². The van der Waals surface area contributed by atoms with Crippen LogP contribution in [0.5, 0.6) is 5.75 Å². The molecule has 1 saturated carbocycles. The maximum atomic E-state index is 13.4. The molecule has 1 aliphatic carbocycles. The van der Waals surface area contributed by atoms with Gasteiger partial charge in [0.1, 0.15) is 17.8 Å². The highest BCUT2D eigenvalue weighted by Gasteiger charge is 2.56. The quantitative estimate of drug-likeness (QED) is 0.574. The predicted molar refractivity (Wildman–Crippen MR) is 131 cm³/mol. The Bertz CT molecular complexity index is 944. The van der Waals surface area contributed by atoms with E-state index in [1.54, 1.807) is 7.11 Å². The van der Waals surface area contributed by atoms with Crippen molar-refractivity contribution in [3.05, 3.63) is 29.8 Å². The van der Waals surface area contributed by atoms with Crippen molar-refractivity contribution < 1.29 is 23.9 Å². The summed E-state index contributed by atoms with van der Waals surface area (Å²) >= 11 is 0. The number of ether oxygens (including phenoxy) is 2. The summed E-state index contributed by atoms with van der Waals surface area (Å²) in [6.07, 6.45) is 2.20. The van der Waals surface area contributed by atoms with Crippen LogP contribution >= 0.6 is 0 Å². The molecule has 3 aliphatic rings. The van der Waals surface area contributed by atoms with Crippen molar-refractivity contribution in [3.63, 3.8) is 0 Å². The molecule has 1 aromatic rings. The average Bonchev–Trinajstić information content (AvgIpc) is 3.02. The predicted octanol–water partition coefficient (Wildman–Crippen LogP) is 2.32. The first kappa shape index (κ1) is 25.4. The Balaban J connectivity index is 1.41. The number of imide groups is 1. The first-order valence-corrected chi connectivity index (χ1v) is 12.5. The van der Waals surface area contributed by atoms with Gasteiger partial charge in [-0.25, -0.2) is 4.79 Å². The third kappa shape index (κ3) is 5.62. The number of morpholine rings is 1. The van der Waals surface area contributed by atoms with Crippen LogP contribution in [0.3, 0.4) is 0 Å². The van der Waals surface area contributed by atoms with Crippen molar-refractivity contribution in [1.29, 1.82) is 0 Å². The molecule has 9 nitrogen and oxygen atoms in total. The Morgan fingerprint density at radius 1 is 1.20 bits per heavy atom. The standard InChI is InChI=1S/C26H38N4O5/c1-18-13-25(2,3)17-26(14-18)23(32)30(24(33)28-26)16-22(31)27-15-21(29-9-11-35-12-10-29)19-5-7-20(34-4)8-6-19/h5-8,18,21H,9-17H2,1-4H3,(H,27,31)(H,28,33)/t18-,21+,26-/m1/s1. The molecule has 3 fully saturated rings. The van der Waals surface area contributed by atoms with Gasteiger partial charge in [-0.05, 0) is 48.3 Å². The summed E-state index contributed by atoms with van der Waals surface area (Å²) < 4.78 is 10.8. The van der Waals surface area contributed by atoms with E-state index >= 15 is 0 Å². The largest absolute Gasteiger partial charge is 0.497 e. The number of hydrogen-bond donors (Lipinski definition) is 2. The molecule has 35 heavy (non-hydrogen) atoms. The van der Waals surface area contributed by atoms with E-state index in [0.717, 1.165) is 35.7 Å². The Hall–Kier alpha value is -2.65. The van der Waals surface area contributed by atoms with Gasteiger partial charge in [-0.1, -0.05) is 32.9 Å². The molecule has 9 heteroatoms. The van der Waals surface area contributed by atoms with Gasteiger partial charge >= 0.3 is 6.03 Å². The maximum Gasteiger partial charge on any atom is 0.325 e. The molecule has 0 bridgehead atoms. The van der Waals surface area contributed by atoms with Gasteiger partial charge in [-0.15, -0.1) is 0 Å². The SMILES string of the molecule is COc1ccc([C@H](CNC(=O)CN2C(=O)N[C@@]3(C[C@H](C)CC(C)(C)C3)C2=O)N2CCOCC2)cc1. The van der Waals surface area contributed by atoms with Gasteiger partial charge < -0.3 is 20.1 Å². The van der Waals surface area contributed by atoms with E-state index in [9.17, 15) is 14.4 Å². The summed E-state index contributed by atoms with van der Waals surface area (Å²) in [5, 5.41) is 5.90. The number of methoxy groups -OCH3 is 1. The molecular weight excluding hydrogens is 448 g/mol. The number of nitrogens with zero attached hydrogens (tertiary/aromatic N) is 2. The highest BCUT2D eigenvalue weighted by atomic mass is 16.5. The lowest BCUT2D eigenvalue weighted by molar-refractivity contribution is -0.137. The van der Waals surface area contributed by atoms with E-state index in [1.807, 2.05) is 24.3 Å². The molecular formula is C26H38N4O5. The summed E-state index contributed by atoms with van der Waals surface area (Å²) in [5.74, 6) is 0.458. The molecule has 1 spiro atoms. The van der Waals surface area contributed by atoms with E-state index < -0.39 is 11.6 Å². The van der Waals surface area contributed by atoms with Gasteiger partial charge in [-0.3, -0.25) is 19.4 Å². The Labute approximate surface area is 207 Å². The zero-order valence-corrected chi connectivity index (χ0v) is 21.3. The second kappa shape index (κ2) is 10.1. The highest BCUT2D eigenvalue weighted by Crippen LogP contribution is 2.46. The van der Waals surface area contributed by atoms with E-state index in [1.165, 1.54) is 0 Å². The lowest BCUT2D eigenvalue weighted by atomic mass is 9.64. The van der Waals surface area contributed by atoms with E-state index in [0.29, 0.717) is 38.5 Å². The zero-order valence-electron chi connectivity index (χ0n) is 21.3. The third-order valence-corrected chi connectivity index (χ3v) is 7.41. The molecule has 4 amide bonds. The van der Waals surface area contributed by atoms with Gasteiger partial charge in [0.25, 0.3) is 5.91 Å². The van der Waals surface area contributed by atoms with Crippen LogP contribution in [0.4, 0.5) is 4.79 Å². The van der Waals surface area contributed by atoms with Crippen LogP contribution in [0, 0.1) is 11.3 Å². The van der Waals surface area contributed by atoms with E-state index in [4.69, 9.17) is 9.47 Å². The Morgan fingerprint density at radius 2 is 1.89 bits per heavy atom. The van der Waals surface area contributed by atoms with E-state index in [-0.39, 0.29) is 29.8 Å². The first-order chi connectivity index (χ1) is 16.6. The maximum absolute atomic E-state index is 13.4. The molecule has 2 N–H and O–H groups in total. The van der Waals surface area contributed by atoms with Crippen molar-refractivity contribution in [2.75, 3.05) is 46.5 Å². The number of amides is 4. The van der Waals surface area contributed by atoms with Crippen LogP contribution in [0.1, 0.15) is 51.6 Å². The van der Waals surface area contributed by atoms with E-state index in [2.05, 4.69) is 36.3 Å².